The minimum Gasteiger partial charge on any atom is -0.491 e. The van der Waals surface area contributed by atoms with Gasteiger partial charge in [0.15, 0.2) is 6.10 Å². The molecule has 0 saturated heterocycles. The summed E-state index contributed by atoms with van der Waals surface area (Å²) in [5, 5.41) is 20.3. The van der Waals surface area contributed by atoms with Gasteiger partial charge in [-0.3, -0.25) is 5.32 Å². The molecule has 0 aliphatic rings. The molecule has 1 amide bonds. The highest BCUT2D eigenvalue weighted by Gasteiger charge is 2.27. The van der Waals surface area contributed by atoms with Gasteiger partial charge < -0.3 is 24.4 Å². The van der Waals surface area contributed by atoms with E-state index in [-0.39, 0.29) is 13.2 Å². The standard InChI is InChI=1S/C23H26BrNO7/c1-30-20(4-2-3-5-21(27)28)22(16-6-12-19(13-7-16)31-15-14-26)32-23(29)25-18-10-8-17(24)9-11-18/h3,5-13,20,22,26H,2,4,14-15H2,1H3,(H,25,29)(H,27,28)/b5-3+/t20-,22-/m1/s1. The number of carboxylic acids is 1. The Labute approximate surface area is 194 Å². The summed E-state index contributed by atoms with van der Waals surface area (Å²) < 4.78 is 17.6. The minimum absolute atomic E-state index is 0.0979. The summed E-state index contributed by atoms with van der Waals surface area (Å²) >= 11 is 3.34. The molecule has 0 saturated carbocycles. The van der Waals surface area contributed by atoms with E-state index in [9.17, 15) is 9.59 Å². The maximum atomic E-state index is 12.6. The number of aliphatic carboxylic acids is 1. The number of benzene rings is 2. The Morgan fingerprint density at radius 3 is 2.41 bits per heavy atom. The average molecular weight is 508 g/mol. The van der Waals surface area contributed by atoms with Gasteiger partial charge >= 0.3 is 12.1 Å². The van der Waals surface area contributed by atoms with Crippen LogP contribution >= 0.6 is 15.9 Å². The summed E-state index contributed by atoms with van der Waals surface area (Å²) in [7, 11) is 1.51. The highest BCUT2D eigenvalue weighted by Crippen LogP contribution is 2.29. The van der Waals surface area contributed by atoms with Crippen LogP contribution < -0.4 is 10.1 Å². The van der Waals surface area contributed by atoms with E-state index in [1.54, 1.807) is 48.5 Å². The zero-order valence-corrected chi connectivity index (χ0v) is 19.2. The van der Waals surface area contributed by atoms with Crippen molar-refractivity contribution in [3.63, 3.8) is 0 Å². The fourth-order valence-electron chi connectivity index (χ4n) is 2.91. The fraction of sp³-hybridized carbons (Fsp3) is 0.304. The van der Waals surface area contributed by atoms with E-state index in [0.29, 0.717) is 29.8 Å². The van der Waals surface area contributed by atoms with E-state index in [0.717, 1.165) is 10.5 Å². The number of carboxylic acid groups (broad SMARTS) is 1. The number of nitrogens with one attached hydrogen (secondary N) is 1. The molecule has 2 aromatic rings. The lowest BCUT2D eigenvalue weighted by molar-refractivity contribution is -0.131. The van der Waals surface area contributed by atoms with Crippen LogP contribution in [0.1, 0.15) is 24.5 Å². The summed E-state index contributed by atoms with van der Waals surface area (Å²) in [5.74, 6) is -0.460. The number of allylic oxidation sites excluding steroid dienone is 1. The number of hydrogen-bond acceptors (Lipinski definition) is 6. The highest BCUT2D eigenvalue weighted by molar-refractivity contribution is 9.10. The van der Waals surface area contributed by atoms with Crippen LogP contribution in [0.25, 0.3) is 0 Å². The number of methoxy groups -OCH3 is 1. The van der Waals surface area contributed by atoms with Gasteiger partial charge in [-0.2, -0.15) is 0 Å². The molecule has 0 bridgehead atoms. The maximum absolute atomic E-state index is 12.6. The average Bonchev–Trinajstić information content (AvgIpc) is 2.78. The Bertz CT molecular complexity index is 884. The summed E-state index contributed by atoms with van der Waals surface area (Å²) in [6, 6.07) is 14.0. The first kappa shape index (κ1) is 25.4. The van der Waals surface area contributed by atoms with Crippen molar-refractivity contribution in [2.45, 2.75) is 25.0 Å². The number of aliphatic hydroxyl groups is 1. The number of ether oxygens (including phenoxy) is 3. The van der Waals surface area contributed by atoms with Crippen molar-refractivity contribution in [2.24, 2.45) is 0 Å². The zero-order valence-electron chi connectivity index (χ0n) is 17.6. The van der Waals surface area contributed by atoms with Crippen LogP contribution in [0.2, 0.25) is 0 Å². The van der Waals surface area contributed by atoms with Crippen molar-refractivity contribution in [1.82, 2.24) is 0 Å². The summed E-state index contributed by atoms with van der Waals surface area (Å²) in [4.78, 5) is 23.3. The van der Waals surface area contributed by atoms with E-state index < -0.39 is 24.3 Å². The van der Waals surface area contributed by atoms with E-state index in [1.165, 1.54) is 13.2 Å². The number of hydrogen-bond donors (Lipinski definition) is 3. The van der Waals surface area contributed by atoms with Crippen LogP contribution in [0.3, 0.4) is 0 Å². The third-order valence-corrected chi connectivity index (χ3v) is 4.94. The van der Waals surface area contributed by atoms with Crippen LogP contribution in [-0.2, 0) is 14.3 Å². The minimum atomic E-state index is -1.03. The van der Waals surface area contributed by atoms with Gasteiger partial charge in [-0.25, -0.2) is 9.59 Å². The molecule has 9 heteroatoms. The van der Waals surface area contributed by atoms with Gasteiger partial charge in [0, 0.05) is 23.3 Å². The molecule has 0 radical (unpaired) electrons. The molecule has 3 N–H and O–H groups in total. The normalized spacial score (nSPS) is 12.8. The van der Waals surface area contributed by atoms with Crippen LogP contribution in [-0.4, -0.2) is 48.7 Å². The van der Waals surface area contributed by atoms with Crippen LogP contribution in [0.15, 0.2) is 65.2 Å². The van der Waals surface area contributed by atoms with Gasteiger partial charge in [0.25, 0.3) is 0 Å². The number of amides is 1. The number of halogens is 1. The molecule has 0 unspecified atom stereocenters. The lowest BCUT2D eigenvalue weighted by Crippen LogP contribution is -2.28. The van der Waals surface area contributed by atoms with Gasteiger partial charge in [-0.15, -0.1) is 0 Å². The van der Waals surface area contributed by atoms with Gasteiger partial charge in [-0.05, 0) is 54.8 Å². The first-order chi connectivity index (χ1) is 15.4. The second kappa shape index (κ2) is 13.5. The van der Waals surface area contributed by atoms with E-state index in [2.05, 4.69) is 21.2 Å². The van der Waals surface area contributed by atoms with Crippen molar-refractivity contribution in [2.75, 3.05) is 25.6 Å². The lowest BCUT2D eigenvalue weighted by Gasteiger charge is -2.26. The van der Waals surface area contributed by atoms with Gasteiger partial charge in [-0.1, -0.05) is 34.1 Å². The second-order valence-electron chi connectivity index (χ2n) is 6.69. The summed E-state index contributed by atoms with van der Waals surface area (Å²) in [6.45, 7) is 0.0742. The van der Waals surface area contributed by atoms with E-state index in [4.69, 9.17) is 24.4 Å². The third kappa shape index (κ3) is 8.70. The smallest absolute Gasteiger partial charge is 0.412 e. The Balaban J connectivity index is 2.17. The van der Waals surface area contributed by atoms with E-state index in [1.807, 2.05) is 0 Å². The predicted octanol–water partition coefficient (Wildman–Crippen LogP) is 4.55. The molecule has 0 heterocycles. The number of carbonyl (C=O) groups is 2. The molecule has 32 heavy (non-hydrogen) atoms. The Hall–Kier alpha value is -2.88. The predicted molar refractivity (Wildman–Crippen MR) is 123 cm³/mol. The highest BCUT2D eigenvalue weighted by atomic mass is 79.9. The van der Waals surface area contributed by atoms with Crippen molar-refractivity contribution < 1.29 is 34.0 Å². The quantitative estimate of drug-likeness (QED) is 0.361. The molecule has 8 nitrogen and oxygen atoms in total. The summed E-state index contributed by atoms with van der Waals surface area (Å²) in [5.41, 5.74) is 1.25. The first-order valence-electron chi connectivity index (χ1n) is 9.92. The number of anilines is 1. The topological polar surface area (TPSA) is 114 Å². The van der Waals surface area contributed by atoms with Crippen molar-refractivity contribution in [1.29, 1.82) is 0 Å². The van der Waals surface area contributed by atoms with Crippen LogP contribution in [0.4, 0.5) is 10.5 Å². The van der Waals surface area contributed by atoms with Crippen molar-refractivity contribution in [3.8, 4) is 5.75 Å². The molecule has 172 valence electrons. The lowest BCUT2D eigenvalue weighted by atomic mass is 10.00. The Morgan fingerprint density at radius 1 is 1.12 bits per heavy atom. The SMILES string of the molecule is CO[C@H](CC/C=C/C(=O)O)[C@H](OC(=O)Nc1ccc(Br)cc1)c1ccc(OCCO)cc1. The maximum Gasteiger partial charge on any atom is 0.412 e. The van der Waals surface area contributed by atoms with Crippen LogP contribution in [0.5, 0.6) is 5.75 Å². The van der Waals surface area contributed by atoms with Crippen molar-refractivity contribution in [3.05, 3.63) is 70.7 Å². The van der Waals surface area contributed by atoms with Gasteiger partial charge in [0.1, 0.15) is 12.4 Å². The molecule has 2 aromatic carbocycles. The fourth-order valence-corrected chi connectivity index (χ4v) is 3.17. The molecule has 0 aromatic heterocycles. The largest absolute Gasteiger partial charge is 0.491 e. The monoisotopic (exact) mass is 507 g/mol. The number of rotatable bonds is 12. The number of aliphatic hydroxyl groups excluding tert-OH is 1. The third-order valence-electron chi connectivity index (χ3n) is 4.41. The number of carbonyl (C=O) groups excluding carboxylic acids is 1. The molecule has 0 fully saturated rings. The Kier molecular flexibility index (Phi) is 10.7. The molecule has 0 aliphatic heterocycles. The molecule has 0 spiro atoms. The Morgan fingerprint density at radius 2 is 1.81 bits per heavy atom. The zero-order chi connectivity index (χ0) is 23.3. The summed E-state index contributed by atoms with van der Waals surface area (Å²) in [6.07, 6.45) is 1.53. The van der Waals surface area contributed by atoms with Gasteiger partial charge in [0.2, 0.25) is 0 Å². The van der Waals surface area contributed by atoms with Gasteiger partial charge in [0.05, 0.1) is 12.7 Å². The first-order valence-corrected chi connectivity index (χ1v) is 10.7. The molecular weight excluding hydrogens is 482 g/mol. The molecular formula is C23H26BrNO7. The van der Waals surface area contributed by atoms with Crippen molar-refractivity contribution >= 4 is 33.7 Å². The molecule has 2 rings (SSSR count). The molecule has 0 aliphatic carbocycles. The van der Waals surface area contributed by atoms with Crippen LogP contribution in [0, 0.1) is 0 Å². The van der Waals surface area contributed by atoms with E-state index >= 15 is 0 Å². The second-order valence-corrected chi connectivity index (χ2v) is 7.61. The molecule has 2 atom stereocenters.